The molecule has 164 valence electrons. The number of benzene rings is 1. The summed E-state index contributed by atoms with van der Waals surface area (Å²) in [6.45, 7) is 2.56. The van der Waals surface area contributed by atoms with E-state index >= 15 is 0 Å². The first kappa shape index (κ1) is 20.2. The molecule has 2 N–H and O–H groups in total. The van der Waals surface area contributed by atoms with Gasteiger partial charge in [0.15, 0.2) is 0 Å². The van der Waals surface area contributed by atoms with Crippen LogP contribution in [0.1, 0.15) is 4.88 Å². The van der Waals surface area contributed by atoms with Gasteiger partial charge in [0, 0.05) is 16.8 Å². The molecule has 1 fully saturated rings. The van der Waals surface area contributed by atoms with Gasteiger partial charge in [-0.05, 0) is 24.3 Å². The molecular formula is C21H20N6O4S. The third-order valence-corrected chi connectivity index (χ3v) is 6.19. The van der Waals surface area contributed by atoms with Gasteiger partial charge in [0.1, 0.15) is 10.6 Å². The van der Waals surface area contributed by atoms with E-state index in [2.05, 4.69) is 15.2 Å². The van der Waals surface area contributed by atoms with E-state index in [1.54, 1.807) is 13.3 Å². The molecule has 0 spiro atoms. The fourth-order valence-electron chi connectivity index (χ4n) is 3.42. The van der Waals surface area contributed by atoms with Crippen LogP contribution in [0.5, 0.6) is 5.75 Å². The Morgan fingerprint density at radius 2 is 2.12 bits per heavy atom. The number of methoxy groups -OCH3 is 1. The van der Waals surface area contributed by atoms with E-state index in [0.717, 1.165) is 17.0 Å². The van der Waals surface area contributed by atoms with Crippen LogP contribution in [0.25, 0.3) is 21.5 Å². The van der Waals surface area contributed by atoms with Crippen molar-refractivity contribution in [2.45, 2.75) is 0 Å². The molecule has 0 radical (unpaired) electrons. The van der Waals surface area contributed by atoms with Gasteiger partial charge in [0.25, 0.3) is 6.20 Å². The lowest BCUT2D eigenvalue weighted by Gasteiger charge is -2.18. The molecule has 1 aromatic carbocycles. The zero-order valence-corrected chi connectivity index (χ0v) is 18.0. The van der Waals surface area contributed by atoms with Gasteiger partial charge in [-0.25, -0.2) is 9.98 Å². The summed E-state index contributed by atoms with van der Waals surface area (Å²) in [4.78, 5) is 11.2. The van der Waals surface area contributed by atoms with Gasteiger partial charge in [-0.1, -0.05) is 12.1 Å². The fourth-order valence-corrected chi connectivity index (χ4v) is 4.40. The number of ether oxygens (including phenoxy) is 2. The van der Waals surface area contributed by atoms with Crippen molar-refractivity contribution in [2.24, 2.45) is 4.99 Å². The molecule has 3 aromatic heterocycles. The minimum Gasteiger partial charge on any atom is -0.857 e. The Balaban J connectivity index is 1.44. The maximum absolute atomic E-state index is 12.8. The molecule has 4 aromatic rings. The van der Waals surface area contributed by atoms with Crippen LogP contribution >= 0.6 is 11.3 Å². The molecule has 0 amide bonds. The van der Waals surface area contributed by atoms with Gasteiger partial charge in [-0.15, -0.1) is 16.3 Å². The summed E-state index contributed by atoms with van der Waals surface area (Å²) in [5, 5.41) is 19.4. The molecule has 1 aliphatic heterocycles. The van der Waals surface area contributed by atoms with Gasteiger partial charge in [0.05, 0.1) is 54.5 Å². The van der Waals surface area contributed by atoms with E-state index in [1.165, 1.54) is 16.1 Å². The number of rotatable bonds is 5. The van der Waals surface area contributed by atoms with Crippen molar-refractivity contribution in [1.82, 2.24) is 10.3 Å². The van der Waals surface area contributed by atoms with Crippen molar-refractivity contribution in [3.63, 3.8) is 0 Å². The van der Waals surface area contributed by atoms with Gasteiger partial charge >= 0.3 is 5.88 Å². The van der Waals surface area contributed by atoms with E-state index in [0.29, 0.717) is 47.1 Å². The standard InChI is InChI=1S/C21H20N6O4S/c1-29-14-4-2-3-13(11-14)16-6-5-15-18(22)19(32-21(15)23-16)20(28)24-17-12-27(25-31-17)26-7-9-30-10-8-26/h2-6,11-12H,7-10H2,1H3,(H2-,22,24,25,28). The van der Waals surface area contributed by atoms with Gasteiger partial charge in [-0.2, -0.15) is 0 Å². The number of hydrogen-bond donors (Lipinski definition) is 1. The van der Waals surface area contributed by atoms with Gasteiger partial charge in [0.2, 0.25) is 5.27 Å². The fraction of sp³-hybridized carbons (Fsp3) is 0.238. The SMILES string of the molecule is COc1cccc(-c2ccc3c(N)c(/C([O-])=N/c4c[n+](N5CCOCC5)no4)sc3n2)c1. The minimum absolute atomic E-state index is 0.100. The zero-order chi connectivity index (χ0) is 22.1. The molecule has 32 heavy (non-hydrogen) atoms. The van der Waals surface area contributed by atoms with Crippen LogP contribution < -0.4 is 25.4 Å². The highest BCUT2D eigenvalue weighted by Gasteiger charge is 2.23. The highest BCUT2D eigenvalue weighted by Crippen LogP contribution is 2.34. The average molecular weight is 452 g/mol. The molecule has 1 saturated heterocycles. The lowest BCUT2D eigenvalue weighted by atomic mass is 10.1. The van der Waals surface area contributed by atoms with E-state index in [4.69, 9.17) is 19.7 Å². The number of nitrogens with two attached hydrogens (primary N) is 1. The Hall–Kier alpha value is -3.70. The number of fused-ring (bicyclic) bond motifs is 1. The second kappa shape index (κ2) is 8.44. The largest absolute Gasteiger partial charge is 0.857 e. The van der Waals surface area contributed by atoms with E-state index in [-0.39, 0.29) is 5.88 Å². The molecule has 0 unspecified atom stereocenters. The first-order valence-electron chi connectivity index (χ1n) is 9.93. The smallest absolute Gasteiger partial charge is 0.324 e. The lowest BCUT2D eigenvalue weighted by molar-refractivity contribution is -0.759. The topological polar surface area (TPSA) is 126 Å². The van der Waals surface area contributed by atoms with Crippen molar-refractivity contribution >= 4 is 39.0 Å². The first-order chi connectivity index (χ1) is 15.6. The molecule has 5 rings (SSSR count). The molecule has 0 atom stereocenters. The van der Waals surface area contributed by atoms with Crippen LogP contribution in [-0.2, 0) is 4.74 Å². The Labute approximate surface area is 187 Å². The summed E-state index contributed by atoms with van der Waals surface area (Å²) in [5.74, 6) is 0.341. The molecule has 1 aliphatic rings. The van der Waals surface area contributed by atoms with Crippen LogP contribution in [0.2, 0.25) is 0 Å². The Morgan fingerprint density at radius 1 is 1.28 bits per heavy atom. The number of thiophene rings is 1. The number of hydrogen-bond acceptors (Lipinski definition) is 10. The molecule has 0 bridgehead atoms. The van der Waals surface area contributed by atoms with Crippen molar-refractivity contribution in [2.75, 3.05) is 44.2 Å². The Bertz CT molecular complexity index is 1290. The molecule has 11 heteroatoms. The zero-order valence-electron chi connectivity index (χ0n) is 17.2. The maximum atomic E-state index is 12.8. The number of anilines is 1. The van der Waals surface area contributed by atoms with Gasteiger partial charge in [-0.3, -0.25) is 4.52 Å². The monoisotopic (exact) mass is 452 g/mol. The minimum atomic E-state index is -0.501. The second-order valence-corrected chi connectivity index (χ2v) is 8.07. The predicted octanol–water partition coefficient (Wildman–Crippen LogP) is 1.24. The third kappa shape index (κ3) is 3.83. The van der Waals surface area contributed by atoms with Crippen LogP contribution in [0.3, 0.4) is 0 Å². The molecular weight excluding hydrogens is 432 g/mol. The summed E-state index contributed by atoms with van der Waals surface area (Å²) in [7, 11) is 1.62. The molecule has 0 aliphatic carbocycles. The quantitative estimate of drug-likeness (QED) is 0.272. The van der Waals surface area contributed by atoms with Crippen LogP contribution in [0, 0.1) is 0 Å². The normalized spacial score (nSPS) is 14.8. The number of aromatic nitrogens is 3. The van der Waals surface area contributed by atoms with Crippen LogP contribution in [-0.4, -0.2) is 49.6 Å². The number of morpholine rings is 1. The van der Waals surface area contributed by atoms with Crippen molar-refractivity contribution in [3.8, 4) is 17.0 Å². The third-order valence-electron chi connectivity index (χ3n) is 5.09. The van der Waals surface area contributed by atoms with Crippen LogP contribution in [0.15, 0.2) is 52.1 Å². The highest BCUT2D eigenvalue weighted by molar-refractivity contribution is 7.21. The van der Waals surface area contributed by atoms with E-state index < -0.39 is 5.90 Å². The molecule has 0 saturated carbocycles. The first-order valence-corrected chi connectivity index (χ1v) is 10.7. The van der Waals surface area contributed by atoms with Crippen molar-refractivity contribution in [3.05, 3.63) is 47.5 Å². The number of nitrogen functional groups attached to an aromatic ring is 1. The number of pyridine rings is 1. The molecule has 4 heterocycles. The van der Waals surface area contributed by atoms with Crippen molar-refractivity contribution in [1.29, 1.82) is 0 Å². The highest BCUT2D eigenvalue weighted by atomic mass is 32.1. The Kier molecular flexibility index (Phi) is 5.33. The number of aliphatic imine (C=N–C) groups is 1. The lowest BCUT2D eigenvalue weighted by Crippen LogP contribution is -2.62. The van der Waals surface area contributed by atoms with Crippen LogP contribution in [0.4, 0.5) is 11.6 Å². The average Bonchev–Trinajstić information content (AvgIpc) is 3.44. The van der Waals surface area contributed by atoms with E-state index in [1.807, 2.05) is 41.4 Å². The summed E-state index contributed by atoms with van der Waals surface area (Å²) in [6.07, 6.45) is 1.56. The predicted molar refractivity (Wildman–Crippen MR) is 118 cm³/mol. The number of nitrogens with zero attached hydrogens (tertiary/aromatic N) is 5. The summed E-state index contributed by atoms with van der Waals surface area (Å²) in [5.41, 5.74) is 8.26. The summed E-state index contributed by atoms with van der Waals surface area (Å²) < 4.78 is 15.8. The molecule has 10 nitrogen and oxygen atoms in total. The second-order valence-electron chi connectivity index (χ2n) is 7.07. The maximum Gasteiger partial charge on any atom is 0.324 e. The summed E-state index contributed by atoms with van der Waals surface area (Å²) >= 11 is 1.20. The Morgan fingerprint density at radius 3 is 2.94 bits per heavy atom. The van der Waals surface area contributed by atoms with Gasteiger partial charge < -0.3 is 20.3 Å². The summed E-state index contributed by atoms with van der Waals surface area (Å²) in [6, 6.07) is 11.4. The van der Waals surface area contributed by atoms with Crippen molar-refractivity contribution < 1.29 is 23.9 Å². The van der Waals surface area contributed by atoms with E-state index in [9.17, 15) is 5.11 Å².